The Bertz CT molecular complexity index is 708. The van der Waals surface area contributed by atoms with Gasteiger partial charge in [-0.1, -0.05) is 0 Å². The van der Waals surface area contributed by atoms with Gasteiger partial charge in [-0.3, -0.25) is 9.67 Å². The molecule has 1 fully saturated rings. The molecule has 2 heterocycles. The highest BCUT2D eigenvalue weighted by Gasteiger charge is 2.23. The van der Waals surface area contributed by atoms with Crippen LogP contribution in [0.2, 0.25) is 0 Å². The summed E-state index contributed by atoms with van der Waals surface area (Å²) in [5, 5.41) is 10.7. The van der Waals surface area contributed by atoms with Crippen LogP contribution >= 0.6 is 11.8 Å². The third kappa shape index (κ3) is 5.35. The molecule has 0 radical (unpaired) electrons. The van der Waals surface area contributed by atoms with Crippen LogP contribution in [-0.4, -0.2) is 72.4 Å². The quantitative estimate of drug-likeness (QED) is 0.530. The van der Waals surface area contributed by atoms with E-state index in [-0.39, 0.29) is 5.75 Å². The summed E-state index contributed by atoms with van der Waals surface area (Å²) in [5.41, 5.74) is 3.21. The van der Waals surface area contributed by atoms with Crippen LogP contribution in [0.3, 0.4) is 0 Å². The van der Waals surface area contributed by atoms with Crippen molar-refractivity contribution >= 4 is 27.7 Å². The number of hydrogen-bond acceptors (Lipinski definition) is 5. The molecule has 0 saturated carbocycles. The average Bonchev–Trinajstić information content (AvgIpc) is 2.84. The molecule has 1 aromatic rings. The van der Waals surface area contributed by atoms with Crippen molar-refractivity contribution in [1.29, 1.82) is 0 Å². The highest BCUT2D eigenvalue weighted by molar-refractivity contribution is 7.99. The molecule has 0 aromatic carbocycles. The van der Waals surface area contributed by atoms with E-state index in [9.17, 15) is 8.42 Å². The number of rotatable bonds is 6. The van der Waals surface area contributed by atoms with Gasteiger partial charge in [-0.05, 0) is 13.8 Å². The zero-order valence-electron chi connectivity index (χ0n) is 15.4. The lowest BCUT2D eigenvalue weighted by Gasteiger charge is -2.25. The molecule has 1 aliphatic rings. The maximum absolute atomic E-state index is 12.3. The summed E-state index contributed by atoms with van der Waals surface area (Å²) in [6, 6.07) is 0. The van der Waals surface area contributed by atoms with Gasteiger partial charge in [0.2, 0.25) is 10.0 Å². The zero-order chi connectivity index (χ0) is 18.4. The average molecular weight is 389 g/mol. The number of aliphatic imine (C=N–C) groups is 1. The fourth-order valence-electron chi connectivity index (χ4n) is 2.72. The smallest absolute Gasteiger partial charge is 0.215 e. The standard InChI is InChI=1S/C15H28N6O2S2/c1-12-14(13(2)20(4)19-12)11-18-15(16-3)17-5-10-25(22,23)21-6-8-24-9-7-21/h5-11H2,1-4H3,(H2,16,17,18). The molecule has 2 rings (SSSR count). The monoisotopic (exact) mass is 388 g/mol. The van der Waals surface area contributed by atoms with E-state index in [0.29, 0.717) is 32.1 Å². The molecular weight excluding hydrogens is 360 g/mol. The van der Waals surface area contributed by atoms with Gasteiger partial charge in [0, 0.05) is 63.0 Å². The number of aryl methyl sites for hydroxylation is 2. The fraction of sp³-hybridized carbons (Fsp3) is 0.733. The van der Waals surface area contributed by atoms with Gasteiger partial charge in [-0.15, -0.1) is 0 Å². The Balaban J connectivity index is 1.82. The molecule has 8 nitrogen and oxygen atoms in total. The number of guanidine groups is 1. The van der Waals surface area contributed by atoms with Crippen LogP contribution in [0.5, 0.6) is 0 Å². The van der Waals surface area contributed by atoms with Gasteiger partial charge in [0.05, 0.1) is 11.4 Å². The Morgan fingerprint density at radius 3 is 2.52 bits per heavy atom. The SMILES string of the molecule is CN=C(NCCS(=O)(=O)N1CCSCC1)NCc1c(C)nn(C)c1C. The van der Waals surface area contributed by atoms with E-state index >= 15 is 0 Å². The minimum Gasteiger partial charge on any atom is -0.355 e. The van der Waals surface area contributed by atoms with Crippen molar-refractivity contribution in [3.63, 3.8) is 0 Å². The summed E-state index contributed by atoms with van der Waals surface area (Å²) >= 11 is 1.80. The Kier molecular flexibility index (Phi) is 7.14. The number of sulfonamides is 1. The summed E-state index contributed by atoms with van der Waals surface area (Å²) in [5.74, 6) is 2.41. The van der Waals surface area contributed by atoms with E-state index in [1.165, 1.54) is 0 Å². The first-order valence-electron chi connectivity index (χ1n) is 8.34. The molecule has 25 heavy (non-hydrogen) atoms. The van der Waals surface area contributed by atoms with Crippen molar-refractivity contribution in [2.45, 2.75) is 20.4 Å². The lowest BCUT2D eigenvalue weighted by atomic mass is 10.2. The summed E-state index contributed by atoms with van der Waals surface area (Å²) < 4.78 is 28.1. The van der Waals surface area contributed by atoms with Gasteiger partial charge in [0.1, 0.15) is 0 Å². The second-order valence-electron chi connectivity index (χ2n) is 5.95. The summed E-state index contributed by atoms with van der Waals surface area (Å²) in [7, 11) is 0.392. The van der Waals surface area contributed by atoms with E-state index in [4.69, 9.17) is 0 Å². The lowest BCUT2D eigenvalue weighted by molar-refractivity contribution is 0.443. The summed E-state index contributed by atoms with van der Waals surface area (Å²) in [4.78, 5) is 4.16. The molecule has 0 spiro atoms. The largest absolute Gasteiger partial charge is 0.355 e. The topological polar surface area (TPSA) is 91.6 Å². The molecule has 10 heteroatoms. The molecule has 1 aromatic heterocycles. The van der Waals surface area contributed by atoms with Crippen LogP contribution in [0.15, 0.2) is 4.99 Å². The number of nitrogens with one attached hydrogen (secondary N) is 2. The minimum atomic E-state index is -3.20. The first-order valence-corrected chi connectivity index (χ1v) is 11.1. The van der Waals surface area contributed by atoms with E-state index in [0.717, 1.165) is 28.5 Å². The first-order chi connectivity index (χ1) is 11.8. The highest BCUT2D eigenvalue weighted by atomic mass is 32.2. The first kappa shape index (κ1) is 20.1. The third-order valence-electron chi connectivity index (χ3n) is 4.33. The molecule has 0 aliphatic carbocycles. The van der Waals surface area contributed by atoms with E-state index in [2.05, 4.69) is 20.7 Å². The number of hydrogen-bond donors (Lipinski definition) is 2. The van der Waals surface area contributed by atoms with Crippen LogP contribution in [0, 0.1) is 13.8 Å². The van der Waals surface area contributed by atoms with E-state index < -0.39 is 10.0 Å². The van der Waals surface area contributed by atoms with Crippen molar-refractivity contribution in [2.75, 3.05) is 43.9 Å². The molecule has 1 aliphatic heterocycles. The molecule has 142 valence electrons. The predicted molar refractivity (Wildman–Crippen MR) is 104 cm³/mol. The van der Waals surface area contributed by atoms with Crippen molar-refractivity contribution in [3.05, 3.63) is 17.0 Å². The van der Waals surface area contributed by atoms with Crippen molar-refractivity contribution in [3.8, 4) is 0 Å². The van der Waals surface area contributed by atoms with Crippen molar-refractivity contribution in [2.24, 2.45) is 12.0 Å². The van der Waals surface area contributed by atoms with Gasteiger partial charge >= 0.3 is 0 Å². The Morgan fingerprint density at radius 2 is 1.96 bits per heavy atom. The van der Waals surface area contributed by atoms with Gasteiger partial charge in [0.25, 0.3) is 0 Å². The molecular formula is C15H28N6O2S2. The Labute approximate surface area is 154 Å². The Morgan fingerprint density at radius 1 is 1.28 bits per heavy atom. The van der Waals surface area contributed by atoms with E-state index in [1.807, 2.05) is 25.6 Å². The number of thioether (sulfide) groups is 1. The van der Waals surface area contributed by atoms with E-state index in [1.54, 1.807) is 23.1 Å². The second kappa shape index (κ2) is 8.91. The minimum absolute atomic E-state index is 0.0727. The van der Waals surface area contributed by atoms with Gasteiger partial charge in [-0.25, -0.2) is 12.7 Å². The van der Waals surface area contributed by atoms with Gasteiger partial charge in [-0.2, -0.15) is 16.9 Å². The van der Waals surface area contributed by atoms with Crippen LogP contribution in [0.25, 0.3) is 0 Å². The summed E-state index contributed by atoms with van der Waals surface area (Å²) in [6.07, 6.45) is 0. The van der Waals surface area contributed by atoms with Crippen LogP contribution in [-0.2, 0) is 23.6 Å². The molecule has 2 N–H and O–H groups in total. The maximum atomic E-state index is 12.3. The van der Waals surface area contributed by atoms with Gasteiger partial charge in [0.15, 0.2) is 5.96 Å². The maximum Gasteiger partial charge on any atom is 0.215 e. The van der Waals surface area contributed by atoms with Crippen LogP contribution in [0.4, 0.5) is 0 Å². The predicted octanol–water partition coefficient (Wildman–Crippen LogP) is 0.0805. The molecule has 0 amide bonds. The normalized spacial score (nSPS) is 16.9. The Hall–Kier alpha value is -1.26. The lowest BCUT2D eigenvalue weighted by Crippen LogP contribution is -2.44. The van der Waals surface area contributed by atoms with Crippen molar-refractivity contribution in [1.82, 2.24) is 24.7 Å². The fourth-order valence-corrected chi connectivity index (χ4v) is 5.21. The third-order valence-corrected chi connectivity index (χ3v) is 7.15. The zero-order valence-corrected chi connectivity index (χ0v) is 17.0. The molecule has 1 saturated heterocycles. The highest BCUT2D eigenvalue weighted by Crippen LogP contribution is 2.13. The molecule has 0 atom stereocenters. The number of aromatic nitrogens is 2. The molecule has 0 unspecified atom stereocenters. The van der Waals surface area contributed by atoms with Crippen LogP contribution < -0.4 is 10.6 Å². The van der Waals surface area contributed by atoms with Crippen molar-refractivity contribution < 1.29 is 8.42 Å². The second-order valence-corrected chi connectivity index (χ2v) is 9.27. The molecule has 0 bridgehead atoms. The van der Waals surface area contributed by atoms with Gasteiger partial charge < -0.3 is 10.6 Å². The summed E-state index contributed by atoms with van der Waals surface area (Å²) in [6.45, 7) is 6.15. The van der Waals surface area contributed by atoms with Crippen LogP contribution in [0.1, 0.15) is 17.0 Å². The number of nitrogens with zero attached hydrogens (tertiary/aromatic N) is 4.